The van der Waals surface area contributed by atoms with Crippen LogP contribution in [-0.2, 0) is 7.05 Å². The van der Waals surface area contributed by atoms with Gasteiger partial charge in [0.25, 0.3) is 5.56 Å². The number of hydrogen-bond donors (Lipinski definition) is 0. The molecule has 5 nitrogen and oxygen atoms in total. The van der Waals surface area contributed by atoms with Crippen LogP contribution >= 0.6 is 0 Å². The Morgan fingerprint density at radius 3 is 3.00 bits per heavy atom. The molecule has 72 valence electrons. The summed E-state index contributed by atoms with van der Waals surface area (Å²) in [5.41, 5.74) is -0.108. The zero-order valence-electron chi connectivity index (χ0n) is 7.84. The highest BCUT2D eigenvalue weighted by molar-refractivity contribution is 5.40. The van der Waals surface area contributed by atoms with Crippen LogP contribution in [0.2, 0.25) is 0 Å². The predicted octanol–water partition coefficient (Wildman–Crippen LogP) is -0.260. The molecule has 0 spiro atoms. The van der Waals surface area contributed by atoms with Gasteiger partial charge in [0.05, 0.1) is 12.0 Å². The number of rotatable bonds is 1. The normalized spacial score (nSPS) is 16.1. The molecule has 1 aromatic rings. The van der Waals surface area contributed by atoms with Crippen molar-refractivity contribution in [3.05, 3.63) is 22.7 Å². The molecule has 1 aromatic heterocycles. The average molecular weight is 190 g/mol. The number of aromatic nitrogens is 2. The Kier molecular flexibility index (Phi) is 1.97. The Hall–Kier alpha value is -1.83. The second-order valence-electron chi connectivity index (χ2n) is 3.40. The summed E-state index contributed by atoms with van der Waals surface area (Å²) in [5, 5.41) is 8.59. The van der Waals surface area contributed by atoms with Gasteiger partial charge >= 0.3 is 0 Å². The molecule has 1 aliphatic rings. The predicted molar refractivity (Wildman–Crippen MR) is 50.8 cm³/mol. The van der Waals surface area contributed by atoms with Gasteiger partial charge in [-0.3, -0.25) is 4.79 Å². The lowest BCUT2D eigenvalue weighted by molar-refractivity contribution is 0.495. The van der Waals surface area contributed by atoms with E-state index in [9.17, 15) is 4.79 Å². The van der Waals surface area contributed by atoms with E-state index in [1.54, 1.807) is 19.4 Å². The molecule has 0 bridgehead atoms. The molecule has 5 heteroatoms. The highest BCUT2D eigenvalue weighted by Gasteiger charge is 2.29. The monoisotopic (exact) mass is 190 g/mol. The maximum Gasteiger partial charge on any atom is 0.293 e. The van der Waals surface area contributed by atoms with Gasteiger partial charge in [-0.1, -0.05) is 0 Å². The quantitative estimate of drug-likeness (QED) is 0.612. The second kappa shape index (κ2) is 3.14. The van der Waals surface area contributed by atoms with Crippen LogP contribution in [0.3, 0.4) is 0 Å². The van der Waals surface area contributed by atoms with Gasteiger partial charge in [0, 0.05) is 32.5 Å². The molecule has 0 saturated carbocycles. The SMILES string of the molecule is Cn1ccnc(N2CC(C#N)C2)c1=O. The van der Waals surface area contributed by atoms with Crippen LogP contribution in [0.15, 0.2) is 17.2 Å². The van der Waals surface area contributed by atoms with E-state index in [1.807, 2.05) is 4.90 Å². The zero-order valence-corrected chi connectivity index (χ0v) is 7.84. The summed E-state index contributed by atoms with van der Waals surface area (Å²) >= 11 is 0. The summed E-state index contributed by atoms with van der Waals surface area (Å²) in [6.07, 6.45) is 3.21. The minimum absolute atomic E-state index is 0.0433. The highest BCUT2D eigenvalue weighted by Crippen LogP contribution is 2.18. The van der Waals surface area contributed by atoms with Gasteiger partial charge in [0.2, 0.25) is 0 Å². The van der Waals surface area contributed by atoms with Crippen molar-refractivity contribution >= 4 is 5.82 Å². The van der Waals surface area contributed by atoms with Crippen molar-refractivity contribution in [2.24, 2.45) is 13.0 Å². The third-order valence-electron chi connectivity index (χ3n) is 2.36. The molecule has 2 heterocycles. The van der Waals surface area contributed by atoms with Crippen LogP contribution < -0.4 is 10.5 Å². The Morgan fingerprint density at radius 2 is 2.36 bits per heavy atom. The fraction of sp³-hybridized carbons (Fsp3) is 0.444. The molecule has 0 N–H and O–H groups in total. The van der Waals surface area contributed by atoms with Crippen LogP contribution in [0, 0.1) is 17.2 Å². The number of aryl methyl sites for hydroxylation is 1. The van der Waals surface area contributed by atoms with Crippen LogP contribution in [0.25, 0.3) is 0 Å². The first kappa shape index (κ1) is 8.75. The molecule has 14 heavy (non-hydrogen) atoms. The van der Waals surface area contributed by atoms with Gasteiger partial charge in [0.1, 0.15) is 0 Å². The Labute approximate surface area is 81.2 Å². The van der Waals surface area contributed by atoms with Crippen LogP contribution in [0.4, 0.5) is 5.82 Å². The van der Waals surface area contributed by atoms with Crippen LogP contribution in [0.1, 0.15) is 0 Å². The zero-order chi connectivity index (χ0) is 10.1. The lowest BCUT2D eigenvalue weighted by Gasteiger charge is -2.35. The minimum Gasteiger partial charge on any atom is -0.349 e. The third-order valence-corrected chi connectivity index (χ3v) is 2.36. The van der Waals surface area contributed by atoms with Gasteiger partial charge in [-0.25, -0.2) is 4.98 Å². The van der Waals surface area contributed by atoms with Gasteiger partial charge in [-0.2, -0.15) is 5.26 Å². The van der Waals surface area contributed by atoms with E-state index >= 15 is 0 Å². The second-order valence-corrected chi connectivity index (χ2v) is 3.40. The Bertz CT molecular complexity index is 439. The van der Waals surface area contributed by atoms with E-state index in [0.717, 1.165) is 0 Å². The Morgan fingerprint density at radius 1 is 1.64 bits per heavy atom. The fourth-order valence-corrected chi connectivity index (χ4v) is 1.43. The third kappa shape index (κ3) is 1.25. The lowest BCUT2D eigenvalue weighted by Crippen LogP contribution is -2.49. The first-order valence-electron chi connectivity index (χ1n) is 4.38. The summed E-state index contributed by atoms with van der Waals surface area (Å²) in [6, 6.07) is 2.16. The number of hydrogen-bond acceptors (Lipinski definition) is 4. The number of nitrogens with zero attached hydrogens (tertiary/aromatic N) is 4. The lowest BCUT2D eigenvalue weighted by atomic mass is 10.0. The summed E-state index contributed by atoms with van der Waals surface area (Å²) < 4.78 is 1.49. The van der Waals surface area contributed by atoms with E-state index < -0.39 is 0 Å². The molecular weight excluding hydrogens is 180 g/mol. The molecule has 0 aliphatic carbocycles. The van der Waals surface area contributed by atoms with Crippen molar-refractivity contribution in [3.8, 4) is 6.07 Å². The van der Waals surface area contributed by atoms with Crippen LogP contribution in [0.5, 0.6) is 0 Å². The number of nitriles is 1. The summed E-state index contributed by atoms with van der Waals surface area (Å²) in [5.74, 6) is 0.489. The van der Waals surface area contributed by atoms with Gasteiger partial charge < -0.3 is 9.47 Å². The maximum atomic E-state index is 11.6. The summed E-state index contributed by atoms with van der Waals surface area (Å²) in [6.45, 7) is 1.23. The molecule has 0 radical (unpaired) electrons. The molecule has 0 amide bonds. The largest absolute Gasteiger partial charge is 0.349 e. The maximum absolute atomic E-state index is 11.6. The van der Waals surface area contributed by atoms with E-state index in [-0.39, 0.29) is 11.5 Å². The van der Waals surface area contributed by atoms with Gasteiger partial charge in [-0.15, -0.1) is 0 Å². The molecular formula is C9H10N4O. The number of anilines is 1. The molecule has 1 fully saturated rings. The van der Waals surface area contributed by atoms with E-state index in [2.05, 4.69) is 11.1 Å². The average Bonchev–Trinajstić information content (AvgIpc) is 2.10. The molecule has 2 rings (SSSR count). The van der Waals surface area contributed by atoms with E-state index in [1.165, 1.54) is 4.57 Å². The van der Waals surface area contributed by atoms with Crippen molar-refractivity contribution in [2.75, 3.05) is 18.0 Å². The Balaban J connectivity index is 2.24. The molecule has 1 saturated heterocycles. The standard InChI is InChI=1S/C9H10N4O/c1-12-3-2-11-8(9(12)14)13-5-7(4-10)6-13/h2-3,7H,5-6H2,1H3. The first-order valence-corrected chi connectivity index (χ1v) is 4.38. The molecule has 1 aliphatic heterocycles. The first-order chi connectivity index (χ1) is 6.72. The van der Waals surface area contributed by atoms with Crippen molar-refractivity contribution in [2.45, 2.75) is 0 Å². The summed E-state index contributed by atoms with van der Waals surface area (Å²) in [7, 11) is 1.69. The van der Waals surface area contributed by atoms with Crippen LogP contribution in [-0.4, -0.2) is 22.6 Å². The van der Waals surface area contributed by atoms with E-state index in [0.29, 0.717) is 18.9 Å². The van der Waals surface area contributed by atoms with Crippen molar-refractivity contribution < 1.29 is 0 Å². The highest BCUT2D eigenvalue weighted by atomic mass is 16.1. The van der Waals surface area contributed by atoms with Gasteiger partial charge in [0.15, 0.2) is 5.82 Å². The smallest absolute Gasteiger partial charge is 0.293 e. The fourth-order valence-electron chi connectivity index (χ4n) is 1.43. The van der Waals surface area contributed by atoms with Crippen molar-refractivity contribution in [1.82, 2.24) is 9.55 Å². The summed E-state index contributed by atoms with van der Waals surface area (Å²) in [4.78, 5) is 17.4. The van der Waals surface area contributed by atoms with Crippen molar-refractivity contribution in [3.63, 3.8) is 0 Å². The molecule has 0 aromatic carbocycles. The molecule has 0 atom stereocenters. The molecule has 0 unspecified atom stereocenters. The van der Waals surface area contributed by atoms with E-state index in [4.69, 9.17) is 5.26 Å². The topological polar surface area (TPSA) is 61.9 Å². The van der Waals surface area contributed by atoms with Crippen molar-refractivity contribution in [1.29, 1.82) is 5.26 Å². The minimum atomic E-state index is -0.108. The van der Waals surface area contributed by atoms with Gasteiger partial charge in [-0.05, 0) is 0 Å².